The molecule has 0 radical (unpaired) electrons. The van der Waals surface area contributed by atoms with E-state index in [1.807, 2.05) is 12.1 Å². The molecule has 0 amide bonds. The summed E-state index contributed by atoms with van der Waals surface area (Å²) in [5.74, 6) is -0.487. The van der Waals surface area contributed by atoms with Crippen LogP contribution < -0.4 is 17.1 Å². The lowest BCUT2D eigenvalue weighted by molar-refractivity contribution is 0.405. The number of phenols is 1. The molecule has 6 rings (SSSR count). The van der Waals surface area contributed by atoms with Gasteiger partial charge in [0.05, 0.1) is 15.6 Å². The van der Waals surface area contributed by atoms with Crippen LogP contribution in [0.25, 0.3) is 43.5 Å². The average molecular weight is 516 g/mol. The Labute approximate surface area is 211 Å². The van der Waals surface area contributed by atoms with Gasteiger partial charge in [-0.3, -0.25) is 0 Å². The summed E-state index contributed by atoms with van der Waals surface area (Å²) in [6, 6.07) is 10.0. The Morgan fingerprint density at radius 2 is 1.89 bits per heavy atom. The minimum absolute atomic E-state index is 0.123. The summed E-state index contributed by atoms with van der Waals surface area (Å²) in [6.07, 6.45) is 2.91. The van der Waals surface area contributed by atoms with Crippen molar-refractivity contribution in [1.82, 2.24) is 24.7 Å². The molecule has 6 aromatic rings. The number of benzene rings is 2. The fraction of sp³-hybridized carbons (Fsp3) is 0.0800. The van der Waals surface area contributed by atoms with Crippen molar-refractivity contribution in [2.75, 3.05) is 11.5 Å². The topological polar surface area (TPSA) is 159 Å². The molecule has 184 valence electrons. The van der Waals surface area contributed by atoms with Gasteiger partial charge in [0, 0.05) is 28.8 Å². The Kier molecular flexibility index (Phi) is 5.12. The predicted octanol–water partition coefficient (Wildman–Crippen LogP) is 4.34. The average Bonchev–Trinajstić information content (AvgIpc) is 3.47. The number of halogens is 1. The van der Waals surface area contributed by atoms with E-state index in [0.29, 0.717) is 43.1 Å². The van der Waals surface area contributed by atoms with E-state index in [0.717, 1.165) is 6.07 Å². The molecule has 4 heterocycles. The molecule has 2 aromatic carbocycles. The maximum atomic E-state index is 14.2. The van der Waals surface area contributed by atoms with Crippen LogP contribution in [-0.2, 0) is 0 Å². The summed E-state index contributed by atoms with van der Waals surface area (Å²) >= 11 is 1.26. The quantitative estimate of drug-likeness (QED) is 0.310. The van der Waals surface area contributed by atoms with Crippen molar-refractivity contribution in [2.45, 2.75) is 13.0 Å². The Bertz CT molecular complexity index is 1880. The number of hydrogen-bond donors (Lipinski definition) is 3. The molecular formula is C25H18FN7O3S. The number of aromatic hydroxyl groups is 1. The van der Waals surface area contributed by atoms with Gasteiger partial charge < -0.3 is 21.0 Å². The molecule has 0 saturated heterocycles. The highest BCUT2D eigenvalue weighted by Gasteiger charge is 2.27. The Morgan fingerprint density at radius 1 is 1.11 bits per heavy atom. The molecular weight excluding hydrogens is 497 g/mol. The van der Waals surface area contributed by atoms with Gasteiger partial charge in [0.25, 0.3) is 0 Å². The molecule has 1 unspecified atom stereocenters. The van der Waals surface area contributed by atoms with Crippen molar-refractivity contribution < 1.29 is 13.9 Å². The first kappa shape index (κ1) is 22.6. The number of nitrogen functional groups attached to an aromatic ring is 2. The number of anilines is 2. The molecule has 0 saturated carbocycles. The summed E-state index contributed by atoms with van der Waals surface area (Å²) in [4.78, 5) is 26.3. The van der Waals surface area contributed by atoms with E-state index >= 15 is 0 Å². The highest BCUT2D eigenvalue weighted by molar-refractivity contribution is 7.18. The van der Waals surface area contributed by atoms with Crippen LogP contribution in [0.5, 0.6) is 5.75 Å². The minimum Gasteiger partial charge on any atom is -0.508 e. The standard InChI is InChI=1S/C25H18FN7O3S/c1-11(21-18(17-9-29-25(28)37-17)15-4-2-3-5-16(15)24(35)36-21)33-23-19(22(27)30-10-31-23)20(32-33)12-6-13(26)8-14(34)7-12/h2-11,34H,1H3,(H2,28,29)(H2,27,30,31). The SMILES string of the molecule is CC(c1oc(=O)c2ccccc2c1-c1cnc(N)s1)n1nc(-c2cc(O)cc(F)c2)c2c(N)ncnc21. The van der Waals surface area contributed by atoms with Gasteiger partial charge in [0.2, 0.25) is 0 Å². The maximum Gasteiger partial charge on any atom is 0.343 e. The van der Waals surface area contributed by atoms with Gasteiger partial charge in [0.1, 0.15) is 41.2 Å². The maximum absolute atomic E-state index is 14.2. The van der Waals surface area contributed by atoms with Crippen LogP contribution in [0.3, 0.4) is 0 Å². The Morgan fingerprint density at radius 3 is 2.62 bits per heavy atom. The smallest absolute Gasteiger partial charge is 0.343 e. The second kappa shape index (κ2) is 8.38. The second-order valence-electron chi connectivity index (χ2n) is 8.36. The largest absolute Gasteiger partial charge is 0.508 e. The van der Waals surface area contributed by atoms with Crippen molar-refractivity contribution in [3.05, 3.63) is 77.0 Å². The van der Waals surface area contributed by atoms with Crippen LogP contribution in [0.4, 0.5) is 15.3 Å². The summed E-state index contributed by atoms with van der Waals surface area (Å²) in [5, 5.41) is 16.5. The van der Waals surface area contributed by atoms with Crippen molar-refractivity contribution >= 4 is 44.1 Å². The second-order valence-corrected chi connectivity index (χ2v) is 9.42. The van der Waals surface area contributed by atoms with E-state index in [9.17, 15) is 14.3 Å². The fourth-order valence-electron chi connectivity index (χ4n) is 4.46. The molecule has 1 atom stereocenters. The van der Waals surface area contributed by atoms with E-state index in [2.05, 4.69) is 20.1 Å². The molecule has 0 aliphatic heterocycles. The molecule has 4 aromatic heterocycles. The molecule has 0 spiro atoms. The highest BCUT2D eigenvalue weighted by Crippen LogP contribution is 2.40. The number of nitrogens with two attached hydrogens (primary N) is 2. The third-order valence-corrected chi connectivity index (χ3v) is 6.90. The molecule has 10 nitrogen and oxygen atoms in total. The lowest BCUT2D eigenvalue weighted by atomic mass is 10.0. The van der Waals surface area contributed by atoms with E-state index < -0.39 is 17.5 Å². The van der Waals surface area contributed by atoms with Crippen LogP contribution in [0.1, 0.15) is 18.7 Å². The number of rotatable bonds is 4. The van der Waals surface area contributed by atoms with Crippen molar-refractivity contribution in [3.8, 4) is 27.4 Å². The van der Waals surface area contributed by atoms with Crippen LogP contribution in [0, 0.1) is 5.82 Å². The first-order valence-corrected chi connectivity index (χ1v) is 11.9. The summed E-state index contributed by atoms with van der Waals surface area (Å²) in [6.45, 7) is 1.79. The van der Waals surface area contributed by atoms with Gasteiger partial charge in [-0.2, -0.15) is 5.10 Å². The van der Waals surface area contributed by atoms with Crippen molar-refractivity contribution in [2.24, 2.45) is 0 Å². The van der Waals surface area contributed by atoms with Gasteiger partial charge in [-0.05, 0) is 25.1 Å². The number of nitrogens with zero attached hydrogens (tertiary/aromatic N) is 5. The number of fused-ring (bicyclic) bond motifs is 2. The number of phenolic OH excluding ortho intramolecular Hbond substituents is 1. The Hall–Kier alpha value is -4.84. The summed E-state index contributed by atoms with van der Waals surface area (Å²) in [5.41, 5.74) is 13.1. The normalized spacial score (nSPS) is 12.4. The minimum atomic E-state index is -0.677. The molecule has 0 aliphatic rings. The molecule has 0 fully saturated rings. The number of hydrogen-bond acceptors (Lipinski definition) is 10. The lowest BCUT2D eigenvalue weighted by Crippen LogP contribution is -2.14. The zero-order chi connectivity index (χ0) is 25.8. The molecule has 37 heavy (non-hydrogen) atoms. The third-order valence-electron chi connectivity index (χ3n) is 6.06. The van der Waals surface area contributed by atoms with Gasteiger partial charge in [-0.25, -0.2) is 28.8 Å². The number of aromatic nitrogens is 5. The van der Waals surface area contributed by atoms with Crippen molar-refractivity contribution in [3.63, 3.8) is 0 Å². The highest BCUT2D eigenvalue weighted by atomic mass is 32.1. The third kappa shape index (κ3) is 3.65. The van der Waals surface area contributed by atoms with Crippen LogP contribution in [0.2, 0.25) is 0 Å². The molecule has 12 heteroatoms. The van der Waals surface area contributed by atoms with Gasteiger partial charge in [0.15, 0.2) is 10.8 Å². The van der Waals surface area contributed by atoms with E-state index in [4.69, 9.17) is 15.9 Å². The van der Waals surface area contributed by atoms with Crippen molar-refractivity contribution in [1.29, 1.82) is 0 Å². The zero-order valence-electron chi connectivity index (χ0n) is 19.2. The summed E-state index contributed by atoms with van der Waals surface area (Å²) < 4.78 is 21.6. The number of thiazole rings is 1. The van der Waals surface area contributed by atoms with Crippen LogP contribution >= 0.6 is 11.3 Å². The van der Waals surface area contributed by atoms with E-state index in [-0.39, 0.29) is 22.8 Å². The summed E-state index contributed by atoms with van der Waals surface area (Å²) in [7, 11) is 0. The lowest BCUT2D eigenvalue weighted by Gasteiger charge is -2.17. The van der Waals surface area contributed by atoms with Gasteiger partial charge in [-0.1, -0.05) is 29.5 Å². The van der Waals surface area contributed by atoms with E-state index in [1.54, 1.807) is 25.3 Å². The first-order chi connectivity index (χ1) is 17.8. The van der Waals surface area contributed by atoms with Crippen LogP contribution in [-0.4, -0.2) is 29.8 Å². The molecule has 0 aliphatic carbocycles. The predicted molar refractivity (Wildman–Crippen MR) is 139 cm³/mol. The Balaban J connectivity index is 1.65. The molecule has 0 bridgehead atoms. The van der Waals surface area contributed by atoms with E-state index in [1.165, 1.54) is 34.5 Å². The zero-order valence-corrected chi connectivity index (χ0v) is 20.0. The monoisotopic (exact) mass is 515 g/mol. The fourth-order valence-corrected chi connectivity index (χ4v) is 5.21. The van der Waals surface area contributed by atoms with Gasteiger partial charge >= 0.3 is 5.63 Å². The first-order valence-electron chi connectivity index (χ1n) is 11.1. The van der Waals surface area contributed by atoms with Gasteiger partial charge in [-0.15, -0.1) is 0 Å². The van der Waals surface area contributed by atoms with Crippen LogP contribution in [0.15, 0.2) is 64.2 Å². The molecule has 5 N–H and O–H groups in total.